The third-order valence-corrected chi connectivity index (χ3v) is 8.43. The van der Waals surface area contributed by atoms with Gasteiger partial charge in [0.25, 0.3) is 0 Å². The van der Waals surface area contributed by atoms with Crippen LogP contribution >= 0.6 is 0 Å². The fourth-order valence-electron chi connectivity index (χ4n) is 4.69. The normalized spacial score (nSPS) is 15.1. The van der Waals surface area contributed by atoms with Crippen LogP contribution in [0.15, 0.2) is 72.8 Å². The van der Waals surface area contributed by atoms with E-state index in [9.17, 15) is 27.2 Å². The van der Waals surface area contributed by atoms with Crippen molar-refractivity contribution in [3.8, 4) is 5.75 Å². The Bertz CT molecular complexity index is 1530. The van der Waals surface area contributed by atoms with Crippen LogP contribution in [0.1, 0.15) is 68.9 Å². The minimum absolute atomic E-state index is 0.0434. The van der Waals surface area contributed by atoms with Crippen LogP contribution in [0.5, 0.6) is 5.75 Å². The van der Waals surface area contributed by atoms with E-state index in [2.05, 4.69) is 0 Å². The van der Waals surface area contributed by atoms with Gasteiger partial charge in [0.15, 0.2) is 0 Å². The molecule has 1 amide bonds. The first-order valence-electron chi connectivity index (χ1n) is 14.3. The molecule has 3 aromatic carbocycles. The van der Waals surface area contributed by atoms with Gasteiger partial charge < -0.3 is 14.4 Å². The third-order valence-electron chi connectivity index (χ3n) is 7.11. The lowest BCUT2D eigenvalue weighted by Gasteiger charge is -2.41. The molecule has 1 aliphatic rings. The molecule has 11 heteroatoms. The minimum atomic E-state index is -3.15. The first-order chi connectivity index (χ1) is 20.8. The predicted molar refractivity (Wildman–Crippen MR) is 166 cm³/mol. The van der Waals surface area contributed by atoms with Gasteiger partial charge in [-0.1, -0.05) is 43.3 Å². The lowest BCUT2D eigenvalue weighted by Crippen LogP contribution is -2.46. The Labute approximate surface area is 258 Å². The number of carbonyl (C=O) groups excluding carboxylic acids is 3. The highest BCUT2D eigenvalue weighted by Gasteiger charge is 2.38. The second kappa shape index (κ2) is 15.6. The highest BCUT2D eigenvalue weighted by atomic mass is 32.2. The molecule has 0 radical (unpaired) electrons. The summed E-state index contributed by atoms with van der Waals surface area (Å²) in [5, 5.41) is 0. The van der Waals surface area contributed by atoms with Crippen molar-refractivity contribution in [2.45, 2.75) is 58.6 Å². The fourth-order valence-corrected chi connectivity index (χ4v) is 5.15. The fraction of sp³-hybridized carbons (Fsp3) is 0.364. The van der Waals surface area contributed by atoms with Crippen molar-refractivity contribution in [2.24, 2.45) is 0 Å². The topological polar surface area (TPSA) is 110 Å². The van der Waals surface area contributed by atoms with Crippen LogP contribution < -0.4 is 9.64 Å². The van der Waals surface area contributed by atoms with Crippen molar-refractivity contribution in [1.82, 2.24) is 4.31 Å². The molecule has 1 saturated heterocycles. The maximum absolute atomic E-state index is 12.6. The van der Waals surface area contributed by atoms with E-state index in [1.807, 2.05) is 43.3 Å². The molecular weight excluding hydrogens is 587 g/mol. The van der Waals surface area contributed by atoms with Crippen molar-refractivity contribution in [1.29, 1.82) is 0 Å². The van der Waals surface area contributed by atoms with Gasteiger partial charge in [-0.15, -0.1) is 0 Å². The van der Waals surface area contributed by atoms with Crippen LogP contribution in [0.2, 0.25) is 0 Å². The second-order valence-corrected chi connectivity index (χ2v) is 12.6. The molecule has 0 aromatic heterocycles. The van der Waals surface area contributed by atoms with Crippen molar-refractivity contribution in [3.05, 3.63) is 95.3 Å². The average molecular weight is 627 g/mol. The summed E-state index contributed by atoms with van der Waals surface area (Å²) in [5.74, 6) is -0.431. The van der Waals surface area contributed by atoms with E-state index in [0.717, 1.165) is 35.2 Å². The Hall–Kier alpha value is -4.09. The standard InChI is InChI=1S/C22H26N2O5S.C11H13FO2/c1-16(25)29-20-12-8-18(9-13-20)21-15-22(26)24(21)19-10-6-17(7-11-19)5-4-14-23(2)30(3,27)28;1-3-11(14-8(2)13)9-4-6-10(12)7-5-9/h6-13,21H,4-5,14-15H2,1-3H3;4-7,11H,3H2,1-2H3/t21-;11-/m00/s1. The van der Waals surface area contributed by atoms with E-state index in [-0.39, 0.29) is 35.8 Å². The number of hydrogen-bond donors (Lipinski definition) is 0. The van der Waals surface area contributed by atoms with Crippen LogP contribution in [-0.2, 0) is 35.6 Å². The van der Waals surface area contributed by atoms with Crippen molar-refractivity contribution in [3.63, 3.8) is 0 Å². The number of hydrogen-bond acceptors (Lipinski definition) is 7. The number of ether oxygens (including phenoxy) is 2. The van der Waals surface area contributed by atoms with E-state index in [4.69, 9.17) is 9.47 Å². The number of nitrogens with zero attached hydrogens (tertiary/aromatic N) is 2. The maximum atomic E-state index is 12.6. The molecule has 1 heterocycles. The van der Waals surface area contributed by atoms with Crippen LogP contribution in [-0.4, -0.2) is 50.4 Å². The molecule has 0 unspecified atom stereocenters. The Morgan fingerprint density at radius 2 is 1.59 bits per heavy atom. The number of esters is 2. The number of carbonyl (C=O) groups is 3. The smallest absolute Gasteiger partial charge is 0.308 e. The van der Waals surface area contributed by atoms with Gasteiger partial charge in [-0.3, -0.25) is 14.4 Å². The predicted octanol–water partition coefficient (Wildman–Crippen LogP) is 5.75. The van der Waals surface area contributed by atoms with E-state index >= 15 is 0 Å². The molecule has 236 valence electrons. The Kier molecular flexibility index (Phi) is 12.2. The maximum Gasteiger partial charge on any atom is 0.308 e. The number of halogens is 1. The van der Waals surface area contributed by atoms with Gasteiger partial charge in [0.05, 0.1) is 18.7 Å². The average Bonchev–Trinajstić information content (AvgIpc) is 2.96. The highest BCUT2D eigenvalue weighted by Crippen LogP contribution is 2.39. The van der Waals surface area contributed by atoms with Crippen molar-refractivity contribution in [2.75, 3.05) is 24.7 Å². The molecule has 0 N–H and O–H groups in total. The second-order valence-electron chi connectivity index (χ2n) is 10.6. The van der Waals surface area contributed by atoms with Crippen LogP contribution in [0.3, 0.4) is 0 Å². The van der Waals surface area contributed by atoms with E-state index in [0.29, 0.717) is 25.1 Å². The van der Waals surface area contributed by atoms with E-state index in [1.165, 1.54) is 36.5 Å². The molecule has 4 rings (SSSR count). The largest absolute Gasteiger partial charge is 0.458 e. The van der Waals surface area contributed by atoms with Crippen LogP contribution in [0.25, 0.3) is 0 Å². The first-order valence-corrected chi connectivity index (χ1v) is 16.2. The summed E-state index contributed by atoms with van der Waals surface area (Å²) in [7, 11) is -1.58. The van der Waals surface area contributed by atoms with E-state index in [1.54, 1.807) is 36.2 Å². The Morgan fingerprint density at radius 3 is 2.09 bits per heavy atom. The van der Waals surface area contributed by atoms with Crippen molar-refractivity contribution >= 4 is 33.6 Å². The Balaban J connectivity index is 0.000000317. The number of aryl methyl sites for hydroxylation is 1. The lowest BCUT2D eigenvalue weighted by atomic mass is 9.92. The lowest BCUT2D eigenvalue weighted by molar-refractivity contribution is -0.147. The van der Waals surface area contributed by atoms with Crippen LogP contribution in [0.4, 0.5) is 10.1 Å². The van der Waals surface area contributed by atoms with E-state index < -0.39 is 10.0 Å². The summed E-state index contributed by atoms with van der Waals surface area (Å²) in [6.07, 6.45) is 3.54. The third kappa shape index (κ3) is 9.99. The van der Waals surface area contributed by atoms with Gasteiger partial charge in [0.1, 0.15) is 17.7 Å². The molecule has 44 heavy (non-hydrogen) atoms. The summed E-state index contributed by atoms with van der Waals surface area (Å²) in [6, 6.07) is 20.9. The number of amides is 1. The monoisotopic (exact) mass is 626 g/mol. The summed E-state index contributed by atoms with van der Waals surface area (Å²) < 4.78 is 47.0. The zero-order chi connectivity index (χ0) is 32.4. The van der Waals surface area contributed by atoms with Gasteiger partial charge in [0, 0.05) is 33.1 Å². The number of anilines is 1. The quantitative estimate of drug-likeness (QED) is 0.151. The number of sulfonamides is 1. The summed E-state index contributed by atoms with van der Waals surface area (Å²) in [4.78, 5) is 35.8. The molecule has 9 nitrogen and oxygen atoms in total. The molecule has 1 fully saturated rings. The molecule has 0 saturated carbocycles. The molecular formula is C33H39FN2O7S. The zero-order valence-corrected chi connectivity index (χ0v) is 26.5. The molecule has 0 spiro atoms. The van der Waals surface area contributed by atoms with Gasteiger partial charge in [-0.05, 0) is 72.4 Å². The zero-order valence-electron chi connectivity index (χ0n) is 25.7. The van der Waals surface area contributed by atoms with Crippen LogP contribution in [0, 0.1) is 5.82 Å². The van der Waals surface area contributed by atoms with Gasteiger partial charge in [-0.2, -0.15) is 0 Å². The first kappa shape index (κ1) is 34.4. The summed E-state index contributed by atoms with van der Waals surface area (Å²) >= 11 is 0. The van der Waals surface area contributed by atoms with Gasteiger partial charge in [0.2, 0.25) is 15.9 Å². The Morgan fingerprint density at radius 1 is 0.977 bits per heavy atom. The molecule has 3 aromatic rings. The summed E-state index contributed by atoms with van der Waals surface area (Å²) in [6.45, 7) is 5.10. The summed E-state index contributed by atoms with van der Waals surface area (Å²) in [5.41, 5.74) is 3.73. The SMILES string of the molecule is CC(=O)Oc1ccc([C@@H]2CC(=O)N2c2ccc(CCCN(C)S(C)(=O)=O)cc2)cc1.CC[C@H](OC(C)=O)c1ccc(F)cc1. The molecule has 1 aliphatic heterocycles. The number of rotatable bonds is 11. The molecule has 2 atom stereocenters. The van der Waals surface area contributed by atoms with Gasteiger partial charge >= 0.3 is 11.9 Å². The number of β-lactam (4-membered cyclic amide) rings is 1. The van der Waals surface area contributed by atoms with Crippen molar-refractivity contribution < 1.29 is 36.7 Å². The van der Waals surface area contributed by atoms with Gasteiger partial charge in [-0.25, -0.2) is 17.1 Å². The number of benzene rings is 3. The molecule has 0 aliphatic carbocycles. The minimum Gasteiger partial charge on any atom is -0.458 e. The highest BCUT2D eigenvalue weighted by molar-refractivity contribution is 7.88. The molecule has 0 bridgehead atoms.